The molecule has 0 saturated heterocycles. The third-order valence-corrected chi connectivity index (χ3v) is 2.79. The lowest BCUT2D eigenvalue weighted by molar-refractivity contribution is -0.166. The van der Waals surface area contributed by atoms with Gasteiger partial charge >= 0.3 is 11.9 Å². The predicted octanol–water partition coefficient (Wildman–Crippen LogP) is 2.85. The van der Waals surface area contributed by atoms with Crippen LogP contribution in [-0.2, 0) is 19.1 Å². The summed E-state index contributed by atoms with van der Waals surface area (Å²) in [5.74, 6) is -1.16. The lowest BCUT2D eigenvalue weighted by atomic mass is 10.2. The number of ether oxygens (including phenoxy) is 2. The zero-order valence-electron chi connectivity index (χ0n) is 10.1. The molecule has 0 aliphatic heterocycles. The fourth-order valence-electron chi connectivity index (χ4n) is 1.07. The number of esters is 2. The van der Waals surface area contributed by atoms with Crippen LogP contribution in [0.15, 0.2) is 0 Å². The molecule has 17 heavy (non-hydrogen) atoms. The van der Waals surface area contributed by atoms with E-state index in [0.29, 0.717) is 12.8 Å². The smallest absolute Gasteiger partial charge is 0.326 e. The quantitative estimate of drug-likeness (QED) is 0.391. The standard InChI is InChI=1S/C11H18Cl2O4/c1-3-5-8(12)10(14)16-7-17-11(15)9(13)6-4-2/h8-9H,3-7H2,1-2H3. The summed E-state index contributed by atoms with van der Waals surface area (Å²) >= 11 is 11.4. The third kappa shape index (κ3) is 7.45. The maximum absolute atomic E-state index is 11.2. The van der Waals surface area contributed by atoms with Gasteiger partial charge in [-0.05, 0) is 12.8 Å². The van der Waals surface area contributed by atoms with Crippen molar-refractivity contribution in [3.63, 3.8) is 0 Å². The molecule has 100 valence electrons. The van der Waals surface area contributed by atoms with Crippen molar-refractivity contribution in [3.8, 4) is 0 Å². The molecule has 0 fully saturated rings. The minimum absolute atomic E-state index is 0.433. The molecule has 0 heterocycles. The van der Waals surface area contributed by atoms with Crippen LogP contribution in [-0.4, -0.2) is 29.5 Å². The van der Waals surface area contributed by atoms with Crippen molar-refractivity contribution in [1.82, 2.24) is 0 Å². The van der Waals surface area contributed by atoms with Crippen molar-refractivity contribution in [2.24, 2.45) is 0 Å². The number of carbonyl (C=O) groups is 2. The summed E-state index contributed by atoms with van der Waals surface area (Å²) in [4.78, 5) is 22.5. The highest BCUT2D eigenvalue weighted by molar-refractivity contribution is 6.30. The highest BCUT2D eigenvalue weighted by Gasteiger charge is 2.18. The lowest BCUT2D eigenvalue weighted by Gasteiger charge is -2.11. The predicted molar refractivity (Wildman–Crippen MR) is 66.1 cm³/mol. The van der Waals surface area contributed by atoms with E-state index in [1.807, 2.05) is 13.8 Å². The molecule has 0 aliphatic rings. The van der Waals surface area contributed by atoms with Gasteiger partial charge in [-0.3, -0.25) is 9.59 Å². The molecule has 0 rings (SSSR count). The van der Waals surface area contributed by atoms with Crippen molar-refractivity contribution < 1.29 is 19.1 Å². The minimum Gasteiger partial charge on any atom is -0.427 e. The Hall–Kier alpha value is -0.480. The van der Waals surface area contributed by atoms with Crippen molar-refractivity contribution >= 4 is 35.1 Å². The first-order valence-corrected chi connectivity index (χ1v) is 6.51. The van der Waals surface area contributed by atoms with Gasteiger partial charge in [0.15, 0.2) is 0 Å². The Kier molecular flexibility index (Phi) is 9.27. The molecule has 0 N–H and O–H groups in total. The molecular weight excluding hydrogens is 267 g/mol. The van der Waals surface area contributed by atoms with Crippen LogP contribution in [0.2, 0.25) is 0 Å². The second-order valence-electron chi connectivity index (χ2n) is 3.56. The van der Waals surface area contributed by atoms with Gasteiger partial charge in [-0.25, -0.2) is 0 Å². The van der Waals surface area contributed by atoms with E-state index >= 15 is 0 Å². The van der Waals surface area contributed by atoms with Gasteiger partial charge < -0.3 is 9.47 Å². The second kappa shape index (κ2) is 9.54. The van der Waals surface area contributed by atoms with Crippen molar-refractivity contribution in [1.29, 1.82) is 0 Å². The number of carbonyl (C=O) groups excluding carboxylic acids is 2. The van der Waals surface area contributed by atoms with Crippen LogP contribution >= 0.6 is 23.2 Å². The summed E-state index contributed by atoms with van der Waals surface area (Å²) in [6.45, 7) is 3.38. The van der Waals surface area contributed by atoms with Crippen LogP contribution < -0.4 is 0 Å². The summed E-state index contributed by atoms with van der Waals surface area (Å²) in [7, 11) is 0. The Labute approximate surface area is 112 Å². The topological polar surface area (TPSA) is 52.6 Å². The molecule has 6 heteroatoms. The molecule has 0 spiro atoms. The van der Waals surface area contributed by atoms with E-state index in [-0.39, 0.29) is 0 Å². The van der Waals surface area contributed by atoms with Crippen LogP contribution in [0.3, 0.4) is 0 Å². The maximum Gasteiger partial charge on any atom is 0.326 e. The van der Waals surface area contributed by atoms with Crippen LogP contribution in [0.25, 0.3) is 0 Å². The van der Waals surface area contributed by atoms with Crippen LogP contribution in [0.4, 0.5) is 0 Å². The van der Waals surface area contributed by atoms with Gasteiger partial charge in [-0.15, -0.1) is 23.2 Å². The average molecular weight is 285 g/mol. The fraction of sp³-hybridized carbons (Fsp3) is 0.818. The monoisotopic (exact) mass is 284 g/mol. The van der Waals surface area contributed by atoms with E-state index in [2.05, 4.69) is 9.47 Å². The molecule has 0 radical (unpaired) electrons. The maximum atomic E-state index is 11.2. The number of hydrogen-bond donors (Lipinski definition) is 0. The summed E-state index contributed by atoms with van der Waals surface area (Å²) in [6.07, 6.45) is 2.62. The molecule has 0 bridgehead atoms. The second-order valence-corrected chi connectivity index (χ2v) is 4.61. The third-order valence-electron chi connectivity index (χ3n) is 2.00. The molecule has 0 aromatic heterocycles. The van der Waals surface area contributed by atoms with E-state index in [1.54, 1.807) is 0 Å². The van der Waals surface area contributed by atoms with Crippen LogP contribution in [0.1, 0.15) is 39.5 Å². The number of alkyl halides is 2. The van der Waals surface area contributed by atoms with E-state index in [4.69, 9.17) is 23.2 Å². The van der Waals surface area contributed by atoms with Gasteiger partial charge in [-0.1, -0.05) is 26.7 Å². The summed E-state index contributed by atoms with van der Waals surface area (Å²) in [5.41, 5.74) is 0. The van der Waals surface area contributed by atoms with Gasteiger partial charge in [0.2, 0.25) is 6.79 Å². The molecule has 0 aromatic rings. The summed E-state index contributed by atoms with van der Waals surface area (Å²) in [5, 5.41) is -1.39. The van der Waals surface area contributed by atoms with E-state index < -0.39 is 29.5 Å². The molecule has 0 aliphatic carbocycles. The summed E-state index contributed by atoms with van der Waals surface area (Å²) in [6, 6.07) is 0. The molecule has 4 nitrogen and oxygen atoms in total. The molecule has 0 amide bonds. The minimum atomic E-state index is -0.693. The van der Waals surface area contributed by atoms with Gasteiger partial charge in [0.1, 0.15) is 10.8 Å². The van der Waals surface area contributed by atoms with Gasteiger partial charge in [0.05, 0.1) is 0 Å². The Morgan fingerprint density at radius 1 is 0.941 bits per heavy atom. The van der Waals surface area contributed by atoms with Crippen LogP contribution in [0, 0.1) is 0 Å². The zero-order chi connectivity index (χ0) is 13.3. The van der Waals surface area contributed by atoms with E-state index in [9.17, 15) is 9.59 Å². The Morgan fingerprint density at radius 3 is 1.59 bits per heavy atom. The van der Waals surface area contributed by atoms with E-state index in [1.165, 1.54) is 0 Å². The number of halogens is 2. The molecular formula is C11H18Cl2O4. The number of hydrogen-bond acceptors (Lipinski definition) is 4. The van der Waals surface area contributed by atoms with Gasteiger partial charge in [0, 0.05) is 0 Å². The number of rotatable bonds is 8. The Balaban J connectivity index is 3.76. The van der Waals surface area contributed by atoms with Crippen molar-refractivity contribution in [3.05, 3.63) is 0 Å². The largest absolute Gasteiger partial charge is 0.427 e. The first-order chi connectivity index (χ1) is 8.02. The lowest BCUT2D eigenvalue weighted by Crippen LogP contribution is -2.23. The molecule has 0 saturated carbocycles. The van der Waals surface area contributed by atoms with Gasteiger partial charge in [0.25, 0.3) is 0 Å². The first kappa shape index (κ1) is 16.5. The fourth-order valence-corrected chi connectivity index (χ4v) is 1.63. The normalized spacial score (nSPS) is 13.9. The average Bonchev–Trinajstić information content (AvgIpc) is 2.29. The zero-order valence-corrected chi connectivity index (χ0v) is 11.6. The highest BCUT2D eigenvalue weighted by atomic mass is 35.5. The molecule has 0 aromatic carbocycles. The van der Waals surface area contributed by atoms with Crippen molar-refractivity contribution in [2.45, 2.75) is 50.3 Å². The Bertz CT molecular complexity index is 222. The van der Waals surface area contributed by atoms with Crippen molar-refractivity contribution in [2.75, 3.05) is 6.79 Å². The highest BCUT2D eigenvalue weighted by Crippen LogP contribution is 2.09. The van der Waals surface area contributed by atoms with Gasteiger partial charge in [-0.2, -0.15) is 0 Å². The molecule has 2 atom stereocenters. The molecule has 2 unspecified atom stereocenters. The summed E-state index contributed by atoms with van der Waals surface area (Å²) < 4.78 is 9.37. The first-order valence-electron chi connectivity index (χ1n) is 5.64. The van der Waals surface area contributed by atoms with E-state index in [0.717, 1.165) is 12.8 Å². The SMILES string of the molecule is CCCC(Cl)C(=O)OCOC(=O)C(Cl)CCC. The Morgan fingerprint density at radius 2 is 1.29 bits per heavy atom. The van der Waals surface area contributed by atoms with Crippen LogP contribution in [0.5, 0.6) is 0 Å².